The predicted octanol–water partition coefficient (Wildman–Crippen LogP) is 1.70. The maximum absolute atomic E-state index is 9.89. The van der Waals surface area contributed by atoms with E-state index in [4.69, 9.17) is 14.7 Å². The Bertz CT molecular complexity index is 469. The van der Waals surface area contributed by atoms with Crippen LogP contribution in [0, 0.1) is 11.3 Å². The van der Waals surface area contributed by atoms with E-state index in [1.807, 2.05) is 20.8 Å². The Kier molecular flexibility index (Phi) is 7.17. The van der Waals surface area contributed by atoms with E-state index in [1.54, 1.807) is 24.3 Å². The van der Waals surface area contributed by atoms with E-state index in [0.29, 0.717) is 31.0 Å². The van der Waals surface area contributed by atoms with Crippen molar-refractivity contribution in [1.29, 1.82) is 5.26 Å². The van der Waals surface area contributed by atoms with Gasteiger partial charge in [-0.05, 0) is 32.9 Å². The van der Waals surface area contributed by atoms with E-state index in [0.717, 1.165) is 0 Å². The molecule has 0 bridgehead atoms. The van der Waals surface area contributed by atoms with Crippen molar-refractivity contribution in [2.24, 2.45) is 0 Å². The van der Waals surface area contributed by atoms with Gasteiger partial charge in [-0.25, -0.2) is 0 Å². The molecule has 0 amide bonds. The molecule has 5 nitrogen and oxygen atoms in total. The first kappa shape index (κ1) is 17.4. The maximum atomic E-state index is 9.89. The highest BCUT2D eigenvalue weighted by molar-refractivity contribution is 5.42. The second kappa shape index (κ2) is 8.63. The number of nitriles is 1. The molecule has 0 aromatic heterocycles. The number of aliphatic hydroxyl groups is 1. The third-order valence-electron chi connectivity index (χ3n) is 2.90. The van der Waals surface area contributed by atoms with E-state index >= 15 is 0 Å². The number of hydrogen-bond donors (Lipinski definition) is 2. The van der Waals surface area contributed by atoms with Crippen molar-refractivity contribution in [3.63, 3.8) is 0 Å². The summed E-state index contributed by atoms with van der Waals surface area (Å²) in [6, 6.07) is 9.04. The lowest BCUT2D eigenvalue weighted by molar-refractivity contribution is -0.0112. The van der Waals surface area contributed by atoms with Crippen LogP contribution in [0.1, 0.15) is 26.3 Å². The molecule has 1 aromatic carbocycles. The molecule has 0 aliphatic heterocycles. The van der Waals surface area contributed by atoms with Crippen LogP contribution in [0.25, 0.3) is 0 Å². The van der Waals surface area contributed by atoms with Gasteiger partial charge in [-0.1, -0.05) is 12.1 Å². The highest BCUT2D eigenvalue weighted by Gasteiger charge is 2.17. The Morgan fingerprint density at radius 1 is 1.38 bits per heavy atom. The van der Waals surface area contributed by atoms with Gasteiger partial charge in [0.2, 0.25) is 0 Å². The minimum atomic E-state index is -0.644. The Balaban J connectivity index is 2.32. The summed E-state index contributed by atoms with van der Waals surface area (Å²) in [4.78, 5) is 0. The number of ether oxygens (including phenoxy) is 2. The van der Waals surface area contributed by atoms with E-state index < -0.39 is 6.10 Å². The largest absolute Gasteiger partial charge is 0.489 e. The number of nitrogens with one attached hydrogen (secondary N) is 1. The lowest BCUT2D eigenvalue weighted by Crippen LogP contribution is -2.41. The minimum absolute atomic E-state index is 0.140. The van der Waals surface area contributed by atoms with Gasteiger partial charge < -0.3 is 19.9 Å². The molecule has 0 aliphatic carbocycles. The Labute approximate surface area is 126 Å². The van der Waals surface area contributed by atoms with Crippen molar-refractivity contribution in [2.45, 2.75) is 32.5 Å². The van der Waals surface area contributed by atoms with Gasteiger partial charge in [0, 0.05) is 19.7 Å². The van der Waals surface area contributed by atoms with Crippen molar-refractivity contribution in [3.05, 3.63) is 29.8 Å². The van der Waals surface area contributed by atoms with E-state index in [9.17, 15) is 5.11 Å². The summed E-state index contributed by atoms with van der Waals surface area (Å²) < 4.78 is 11.0. The van der Waals surface area contributed by atoms with Gasteiger partial charge in [0.1, 0.15) is 24.5 Å². The smallest absolute Gasteiger partial charge is 0.137 e. The zero-order valence-electron chi connectivity index (χ0n) is 12.9. The van der Waals surface area contributed by atoms with Crippen LogP contribution in [0.5, 0.6) is 5.75 Å². The normalized spacial score (nSPS) is 12.7. The molecule has 116 valence electrons. The lowest BCUT2D eigenvalue weighted by atomic mass is 10.1. The molecule has 0 saturated heterocycles. The summed E-state index contributed by atoms with van der Waals surface area (Å²) in [7, 11) is 0. The third-order valence-corrected chi connectivity index (χ3v) is 2.90. The molecule has 0 radical (unpaired) electrons. The topological polar surface area (TPSA) is 74.5 Å². The summed E-state index contributed by atoms with van der Waals surface area (Å²) in [5, 5.41) is 22.0. The first-order chi connectivity index (χ1) is 9.98. The number of para-hydroxylation sites is 1. The van der Waals surface area contributed by atoms with Crippen LogP contribution in [0.3, 0.4) is 0 Å². The Morgan fingerprint density at radius 2 is 2.10 bits per heavy atom. The Hall–Kier alpha value is -1.61. The molecule has 1 aromatic rings. The molecule has 0 saturated carbocycles. The molecule has 2 N–H and O–H groups in total. The van der Waals surface area contributed by atoms with Gasteiger partial charge in [0.05, 0.1) is 11.2 Å². The molecule has 0 spiro atoms. The first-order valence-corrected chi connectivity index (χ1v) is 7.13. The second-order valence-electron chi connectivity index (χ2n) is 5.40. The zero-order chi connectivity index (χ0) is 15.7. The van der Waals surface area contributed by atoms with Gasteiger partial charge in [0.15, 0.2) is 0 Å². The van der Waals surface area contributed by atoms with Gasteiger partial charge in [-0.3, -0.25) is 0 Å². The number of rotatable bonds is 9. The SMILES string of the molecule is CCOC(C)(C)CNCC(O)COc1ccccc1C#N. The summed E-state index contributed by atoms with van der Waals surface area (Å²) in [5.74, 6) is 0.494. The molecule has 0 fully saturated rings. The summed E-state index contributed by atoms with van der Waals surface area (Å²) >= 11 is 0. The quantitative estimate of drug-likeness (QED) is 0.724. The number of nitrogens with zero attached hydrogens (tertiary/aromatic N) is 1. The monoisotopic (exact) mass is 292 g/mol. The highest BCUT2D eigenvalue weighted by atomic mass is 16.5. The van der Waals surface area contributed by atoms with Crippen molar-refractivity contribution in [2.75, 3.05) is 26.3 Å². The van der Waals surface area contributed by atoms with Crippen molar-refractivity contribution in [1.82, 2.24) is 5.32 Å². The van der Waals surface area contributed by atoms with Crippen molar-refractivity contribution >= 4 is 0 Å². The first-order valence-electron chi connectivity index (χ1n) is 7.13. The fourth-order valence-corrected chi connectivity index (χ4v) is 1.91. The van der Waals surface area contributed by atoms with Crippen LogP contribution in [-0.4, -0.2) is 43.1 Å². The molecule has 0 heterocycles. The van der Waals surface area contributed by atoms with Crippen molar-refractivity contribution < 1.29 is 14.6 Å². The lowest BCUT2D eigenvalue weighted by Gasteiger charge is -2.25. The molecular formula is C16H24N2O3. The van der Waals surface area contributed by atoms with Crippen LogP contribution >= 0.6 is 0 Å². The molecule has 5 heteroatoms. The van der Waals surface area contributed by atoms with Crippen LogP contribution < -0.4 is 10.1 Å². The molecule has 21 heavy (non-hydrogen) atoms. The predicted molar refractivity (Wildman–Crippen MR) is 81.2 cm³/mol. The molecule has 1 unspecified atom stereocenters. The summed E-state index contributed by atoms with van der Waals surface area (Å²) in [6.07, 6.45) is -0.644. The average molecular weight is 292 g/mol. The average Bonchev–Trinajstić information content (AvgIpc) is 2.45. The highest BCUT2D eigenvalue weighted by Crippen LogP contribution is 2.16. The molecular weight excluding hydrogens is 268 g/mol. The van der Waals surface area contributed by atoms with Gasteiger partial charge in [-0.15, -0.1) is 0 Å². The maximum Gasteiger partial charge on any atom is 0.137 e. The van der Waals surface area contributed by atoms with Gasteiger partial charge in [0.25, 0.3) is 0 Å². The second-order valence-corrected chi connectivity index (χ2v) is 5.40. The van der Waals surface area contributed by atoms with E-state index in [-0.39, 0.29) is 12.2 Å². The molecule has 1 rings (SSSR count). The van der Waals surface area contributed by atoms with Crippen LogP contribution in [0.2, 0.25) is 0 Å². The molecule has 1 atom stereocenters. The standard InChI is InChI=1S/C16H24N2O3/c1-4-21-16(2,3)12-18-10-14(19)11-20-15-8-6-5-7-13(15)9-17/h5-8,14,18-19H,4,10-12H2,1-3H3. The summed E-state index contributed by atoms with van der Waals surface area (Å²) in [5.41, 5.74) is 0.207. The fraction of sp³-hybridized carbons (Fsp3) is 0.562. The van der Waals surface area contributed by atoms with Crippen LogP contribution in [-0.2, 0) is 4.74 Å². The zero-order valence-corrected chi connectivity index (χ0v) is 12.9. The number of benzene rings is 1. The summed E-state index contributed by atoms with van der Waals surface area (Å²) in [6.45, 7) is 7.80. The van der Waals surface area contributed by atoms with Crippen molar-refractivity contribution in [3.8, 4) is 11.8 Å². The van der Waals surface area contributed by atoms with Crippen LogP contribution in [0.15, 0.2) is 24.3 Å². The minimum Gasteiger partial charge on any atom is -0.489 e. The van der Waals surface area contributed by atoms with E-state index in [2.05, 4.69) is 11.4 Å². The van der Waals surface area contributed by atoms with Gasteiger partial charge >= 0.3 is 0 Å². The Morgan fingerprint density at radius 3 is 2.76 bits per heavy atom. The van der Waals surface area contributed by atoms with E-state index in [1.165, 1.54) is 0 Å². The third kappa shape index (κ3) is 6.58. The number of hydrogen-bond acceptors (Lipinski definition) is 5. The molecule has 0 aliphatic rings. The fourth-order valence-electron chi connectivity index (χ4n) is 1.91. The van der Waals surface area contributed by atoms with Crippen LogP contribution in [0.4, 0.5) is 0 Å². The van der Waals surface area contributed by atoms with Gasteiger partial charge in [-0.2, -0.15) is 5.26 Å². The number of aliphatic hydroxyl groups excluding tert-OH is 1.